The van der Waals surface area contributed by atoms with Gasteiger partial charge in [-0.25, -0.2) is 8.42 Å². The Bertz CT molecular complexity index is 527. The molecule has 0 heterocycles. The van der Waals surface area contributed by atoms with Crippen LogP contribution in [0.4, 0.5) is 0 Å². The van der Waals surface area contributed by atoms with E-state index in [9.17, 15) is 8.42 Å². The summed E-state index contributed by atoms with van der Waals surface area (Å²) in [5.74, 6) is 0.549. The minimum Gasteiger partial charge on any atom is -0.313 e. The van der Waals surface area contributed by atoms with E-state index >= 15 is 0 Å². The van der Waals surface area contributed by atoms with Crippen LogP contribution < -0.4 is 5.32 Å². The third-order valence-electron chi connectivity index (χ3n) is 4.53. The largest absolute Gasteiger partial charge is 0.313 e. The Kier molecular flexibility index (Phi) is 5.82. The highest BCUT2D eigenvalue weighted by Crippen LogP contribution is 2.34. The molecule has 1 N–H and O–H groups in total. The summed E-state index contributed by atoms with van der Waals surface area (Å²) in [5.41, 5.74) is 0. The SMILES string of the molecule is CCCC1CCC(NCC)C(S(=O)(=O)c2ccccc2)C1. The van der Waals surface area contributed by atoms with Crippen LogP contribution >= 0.6 is 0 Å². The number of nitrogens with one attached hydrogen (secondary N) is 1. The fourth-order valence-electron chi connectivity index (χ4n) is 3.51. The highest BCUT2D eigenvalue weighted by Gasteiger charge is 2.39. The van der Waals surface area contributed by atoms with E-state index in [4.69, 9.17) is 0 Å². The number of hydrogen-bond acceptors (Lipinski definition) is 3. The summed E-state index contributed by atoms with van der Waals surface area (Å²) in [7, 11) is -3.25. The lowest BCUT2D eigenvalue weighted by Crippen LogP contribution is -2.48. The summed E-state index contributed by atoms with van der Waals surface area (Å²) in [4.78, 5) is 0.468. The lowest BCUT2D eigenvalue weighted by atomic mass is 9.83. The van der Waals surface area contributed by atoms with Crippen molar-refractivity contribution in [1.82, 2.24) is 5.32 Å². The Morgan fingerprint density at radius 2 is 1.86 bits per heavy atom. The van der Waals surface area contributed by atoms with Crippen molar-refractivity contribution in [2.24, 2.45) is 5.92 Å². The molecule has 1 aliphatic carbocycles. The Morgan fingerprint density at radius 3 is 2.48 bits per heavy atom. The zero-order valence-corrected chi connectivity index (χ0v) is 13.9. The molecule has 1 aromatic rings. The van der Waals surface area contributed by atoms with Crippen LogP contribution in [0.1, 0.15) is 46.0 Å². The van der Waals surface area contributed by atoms with Gasteiger partial charge in [-0.1, -0.05) is 44.9 Å². The predicted molar refractivity (Wildman–Crippen MR) is 87.1 cm³/mol. The summed E-state index contributed by atoms with van der Waals surface area (Å²) >= 11 is 0. The molecular weight excluding hydrogens is 282 g/mol. The average molecular weight is 309 g/mol. The van der Waals surface area contributed by atoms with Crippen molar-refractivity contribution in [3.8, 4) is 0 Å². The number of rotatable bonds is 6. The first-order valence-electron chi connectivity index (χ1n) is 8.11. The maximum Gasteiger partial charge on any atom is 0.182 e. The predicted octanol–water partition coefficient (Wildman–Crippen LogP) is 3.41. The molecule has 0 bridgehead atoms. The molecule has 3 unspecified atom stereocenters. The molecule has 1 fully saturated rings. The summed E-state index contributed by atoms with van der Waals surface area (Å²) in [5, 5.41) is 3.11. The smallest absolute Gasteiger partial charge is 0.182 e. The average Bonchev–Trinajstić information content (AvgIpc) is 2.50. The van der Waals surface area contributed by atoms with Crippen LogP contribution in [0.15, 0.2) is 35.2 Å². The molecular formula is C17H27NO2S. The standard InChI is InChI=1S/C17H27NO2S/c1-3-8-14-11-12-16(18-4-2)17(13-14)21(19,20)15-9-6-5-7-10-15/h5-7,9-10,14,16-18H,3-4,8,11-13H2,1-2H3. The van der Waals surface area contributed by atoms with Gasteiger partial charge < -0.3 is 5.32 Å². The summed E-state index contributed by atoms with van der Waals surface area (Å²) in [6.07, 6.45) is 5.18. The van der Waals surface area contributed by atoms with Crippen molar-refractivity contribution in [3.63, 3.8) is 0 Å². The zero-order chi connectivity index (χ0) is 15.3. The molecule has 3 atom stereocenters. The van der Waals surface area contributed by atoms with Crippen molar-refractivity contribution < 1.29 is 8.42 Å². The maximum atomic E-state index is 13.0. The third-order valence-corrected chi connectivity index (χ3v) is 6.78. The van der Waals surface area contributed by atoms with E-state index in [1.165, 1.54) is 0 Å². The molecule has 0 aromatic heterocycles. The molecule has 4 heteroatoms. The minimum atomic E-state index is -3.25. The molecule has 1 aliphatic rings. The zero-order valence-electron chi connectivity index (χ0n) is 13.1. The van der Waals surface area contributed by atoms with Gasteiger partial charge >= 0.3 is 0 Å². The molecule has 118 valence electrons. The Labute approximate surface area is 129 Å². The first-order valence-corrected chi connectivity index (χ1v) is 9.66. The van der Waals surface area contributed by atoms with Crippen molar-refractivity contribution >= 4 is 9.84 Å². The molecule has 0 amide bonds. The second kappa shape index (κ2) is 7.41. The van der Waals surface area contributed by atoms with Crippen LogP contribution in [0.5, 0.6) is 0 Å². The van der Waals surface area contributed by atoms with Gasteiger partial charge in [0.05, 0.1) is 10.1 Å². The summed E-state index contributed by atoms with van der Waals surface area (Å²) < 4.78 is 26.0. The van der Waals surface area contributed by atoms with Crippen LogP contribution in [0.3, 0.4) is 0 Å². The highest BCUT2D eigenvalue weighted by molar-refractivity contribution is 7.92. The van der Waals surface area contributed by atoms with Crippen LogP contribution in [0.2, 0.25) is 0 Å². The third kappa shape index (κ3) is 3.86. The van der Waals surface area contributed by atoms with Gasteiger partial charge in [-0.2, -0.15) is 0 Å². The van der Waals surface area contributed by atoms with E-state index in [1.807, 2.05) is 25.1 Å². The molecule has 0 aliphatic heterocycles. The molecule has 0 spiro atoms. The number of sulfone groups is 1. The second-order valence-corrected chi connectivity index (χ2v) is 8.20. The minimum absolute atomic E-state index is 0.0910. The fraction of sp³-hybridized carbons (Fsp3) is 0.647. The lowest BCUT2D eigenvalue weighted by Gasteiger charge is -2.36. The van der Waals surface area contributed by atoms with E-state index in [0.717, 1.165) is 38.6 Å². The highest BCUT2D eigenvalue weighted by atomic mass is 32.2. The molecule has 0 saturated heterocycles. The van der Waals surface area contributed by atoms with Crippen molar-refractivity contribution in [3.05, 3.63) is 30.3 Å². The summed E-state index contributed by atoms with van der Waals surface area (Å²) in [6.45, 7) is 5.05. The molecule has 1 saturated carbocycles. The van der Waals surface area contributed by atoms with Crippen molar-refractivity contribution in [1.29, 1.82) is 0 Å². The normalized spacial score (nSPS) is 26.7. The molecule has 2 rings (SSSR count). The lowest BCUT2D eigenvalue weighted by molar-refractivity contribution is 0.282. The molecule has 3 nitrogen and oxygen atoms in total. The van der Waals surface area contributed by atoms with E-state index in [-0.39, 0.29) is 11.3 Å². The van der Waals surface area contributed by atoms with Crippen LogP contribution in [0, 0.1) is 5.92 Å². The number of benzene rings is 1. The van der Waals surface area contributed by atoms with E-state index < -0.39 is 9.84 Å². The molecule has 21 heavy (non-hydrogen) atoms. The molecule has 1 aromatic carbocycles. The Hall–Kier alpha value is -0.870. The monoisotopic (exact) mass is 309 g/mol. The fourth-order valence-corrected chi connectivity index (χ4v) is 5.58. The van der Waals surface area contributed by atoms with Gasteiger partial charge in [-0.3, -0.25) is 0 Å². The van der Waals surface area contributed by atoms with Gasteiger partial charge in [-0.15, -0.1) is 0 Å². The van der Waals surface area contributed by atoms with E-state index in [1.54, 1.807) is 12.1 Å². The maximum absolute atomic E-state index is 13.0. The van der Waals surface area contributed by atoms with Gasteiger partial charge in [0.1, 0.15) is 0 Å². The van der Waals surface area contributed by atoms with Crippen molar-refractivity contribution in [2.45, 2.75) is 62.1 Å². The van der Waals surface area contributed by atoms with E-state index in [2.05, 4.69) is 12.2 Å². The first-order chi connectivity index (χ1) is 10.1. The Balaban J connectivity index is 2.26. The van der Waals surface area contributed by atoms with Gasteiger partial charge in [0.25, 0.3) is 0 Å². The van der Waals surface area contributed by atoms with E-state index in [0.29, 0.717) is 10.8 Å². The van der Waals surface area contributed by atoms with Crippen LogP contribution in [-0.4, -0.2) is 26.3 Å². The topological polar surface area (TPSA) is 46.2 Å². The molecule has 0 radical (unpaired) electrons. The van der Waals surface area contributed by atoms with Gasteiger partial charge in [-0.05, 0) is 43.9 Å². The Morgan fingerprint density at radius 1 is 1.14 bits per heavy atom. The first kappa shape index (κ1) is 16.5. The van der Waals surface area contributed by atoms with Crippen LogP contribution in [0.25, 0.3) is 0 Å². The van der Waals surface area contributed by atoms with Gasteiger partial charge in [0, 0.05) is 6.04 Å². The van der Waals surface area contributed by atoms with Crippen LogP contribution in [-0.2, 0) is 9.84 Å². The number of hydrogen-bond donors (Lipinski definition) is 1. The summed E-state index contributed by atoms with van der Waals surface area (Å²) in [6, 6.07) is 9.02. The second-order valence-electron chi connectivity index (χ2n) is 6.03. The van der Waals surface area contributed by atoms with Gasteiger partial charge in [0.2, 0.25) is 0 Å². The quantitative estimate of drug-likeness (QED) is 0.876. The van der Waals surface area contributed by atoms with Crippen molar-refractivity contribution in [2.75, 3.05) is 6.54 Å². The van der Waals surface area contributed by atoms with Gasteiger partial charge in [0.15, 0.2) is 9.84 Å².